The van der Waals surface area contributed by atoms with Gasteiger partial charge in [-0.25, -0.2) is 9.48 Å². The first-order valence-electron chi connectivity index (χ1n) is 4.76. The molecule has 0 saturated carbocycles. The second kappa shape index (κ2) is 4.78. The van der Waals surface area contributed by atoms with Crippen LogP contribution < -0.4 is 0 Å². The highest BCUT2D eigenvalue weighted by molar-refractivity contribution is 14.1. The Labute approximate surface area is 111 Å². The first kappa shape index (κ1) is 12.0. The number of rotatable bonds is 2. The number of aromatic nitrogens is 4. The maximum atomic E-state index is 11.5. The largest absolute Gasteiger partial charge is 0.464 e. The lowest BCUT2D eigenvalue weighted by Crippen LogP contribution is -2.06. The van der Waals surface area contributed by atoms with E-state index in [0.29, 0.717) is 5.82 Å². The number of esters is 1. The monoisotopic (exact) mass is 344 g/mol. The fourth-order valence-electron chi connectivity index (χ4n) is 1.34. The van der Waals surface area contributed by atoms with Crippen molar-refractivity contribution in [3.8, 4) is 5.82 Å². The molecule has 6 nitrogen and oxygen atoms in total. The van der Waals surface area contributed by atoms with E-state index < -0.39 is 5.97 Å². The third-order valence-electron chi connectivity index (χ3n) is 2.20. The number of hydrogen-bond donors (Lipinski definition) is 0. The van der Waals surface area contributed by atoms with Gasteiger partial charge in [0.05, 0.1) is 16.4 Å². The third kappa shape index (κ3) is 2.14. The molecular formula is C10H9IN4O2. The van der Waals surface area contributed by atoms with Gasteiger partial charge in [-0.1, -0.05) is 0 Å². The summed E-state index contributed by atoms with van der Waals surface area (Å²) in [5.41, 5.74) is 1.11. The van der Waals surface area contributed by atoms with Crippen molar-refractivity contribution < 1.29 is 9.53 Å². The predicted octanol–water partition coefficient (Wildman–Crippen LogP) is 1.36. The van der Waals surface area contributed by atoms with E-state index >= 15 is 0 Å². The van der Waals surface area contributed by atoms with Gasteiger partial charge in [0.1, 0.15) is 0 Å². The van der Waals surface area contributed by atoms with Gasteiger partial charge >= 0.3 is 5.97 Å². The maximum absolute atomic E-state index is 11.5. The molecule has 0 amide bonds. The van der Waals surface area contributed by atoms with Gasteiger partial charge in [-0.3, -0.25) is 0 Å². The quantitative estimate of drug-likeness (QED) is 0.608. The number of halogens is 1. The highest BCUT2D eigenvalue weighted by atomic mass is 127. The van der Waals surface area contributed by atoms with Gasteiger partial charge in [0.25, 0.3) is 0 Å². The van der Waals surface area contributed by atoms with E-state index in [1.54, 1.807) is 23.0 Å². The number of carbonyl (C=O) groups is 1. The van der Waals surface area contributed by atoms with Crippen LogP contribution in [0.4, 0.5) is 0 Å². The maximum Gasteiger partial charge on any atom is 0.359 e. The molecule has 7 heteroatoms. The summed E-state index contributed by atoms with van der Waals surface area (Å²) in [6.07, 6.45) is 1.58. The van der Waals surface area contributed by atoms with E-state index in [1.807, 2.05) is 6.92 Å². The van der Waals surface area contributed by atoms with Gasteiger partial charge in [0.2, 0.25) is 0 Å². The van der Waals surface area contributed by atoms with Crippen LogP contribution in [0, 0.1) is 10.5 Å². The minimum absolute atomic E-state index is 0.288. The highest BCUT2D eigenvalue weighted by Crippen LogP contribution is 2.19. The Morgan fingerprint density at radius 3 is 2.88 bits per heavy atom. The van der Waals surface area contributed by atoms with Crippen molar-refractivity contribution in [3.05, 3.63) is 33.3 Å². The number of ether oxygens (including phenoxy) is 1. The SMILES string of the molecule is COC(=O)c1nn(-c2cccnn2)c(C)c1I. The van der Waals surface area contributed by atoms with Crippen LogP contribution in [0.15, 0.2) is 18.3 Å². The average Bonchev–Trinajstić information content (AvgIpc) is 2.67. The number of hydrogen-bond acceptors (Lipinski definition) is 5. The van der Waals surface area contributed by atoms with Crippen LogP contribution in [0.1, 0.15) is 16.2 Å². The molecule has 0 saturated heterocycles. The molecule has 0 unspecified atom stereocenters. The van der Waals surface area contributed by atoms with E-state index in [1.165, 1.54) is 7.11 Å². The number of methoxy groups -OCH3 is 1. The Hall–Kier alpha value is -1.51. The molecule has 2 aromatic rings. The predicted molar refractivity (Wildman–Crippen MR) is 67.9 cm³/mol. The minimum atomic E-state index is -0.458. The zero-order valence-electron chi connectivity index (χ0n) is 9.22. The standard InChI is InChI=1S/C10H9IN4O2/c1-6-8(11)9(10(16)17-2)14-15(6)7-4-3-5-12-13-7/h3-5H,1-2H3. The van der Waals surface area contributed by atoms with Crippen molar-refractivity contribution in [1.29, 1.82) is 0 Å². The van der Waals surface area contributed by atoms with Crippen LogP contribution in [0.3, 0.4) is 0 Å². The molecule has 17 heavy (non-hydrogen) atoms. The molecule has 0 radical (unpaired) electrons. The summed E-state index contributed by atoms with van der Waals surface area (Å²) >= 11 is 2.06. The lowest BCUT2D eigenvalue weighted by atomic mass is 10.4. The zero-order chi connectivity index (χ0) is 12.4. The molecule has 2 heterocycles. The van der Waals surface area contributed by atoms with Gasteiger partial charge in [-0.05, 0) is 41.6 Å². The van der Waals surface area contributed by atoms with Gasteiger partial charge in [-0.2, -0.15) is 10.2 Å². The summed E-state index contributed by atoms with van der Waals surface area (Å²) in [5, 5.41) is 11.9. The van der Waals surface area contributed by atoms with Crippen molar-refractivity contribution in [2.24, 2.45) is 0 Å². The Balaban J connectivity index is 2.54. The molecule has 2 aromatic heterocycles. The first-order valence-corrected chi connectivity index (χ1v) is 5.84. The lowest BCUT2D eigenvalue weighted by molar-refractivity contribution is 0.0592. The first-order chi connectivity index (χ1) is 8.15. The second-order valence-electron chi connectivity index (χ2n) is 3.23. The van der Waals surface area contributed by atoms with Crippen molar-refractivity contribution in [2.75, 3.05) is 7.11 Å². The summed E-state index contributed by atoms with van der Waals surface area (Å²) in [7, 11) is 1.33. The van der Waals surface area contributed by atoms with Crippen LogP contribution in [0.5, 0.6) is 0 Å². The fourth-order valence-corrected chi connectivity index (χ4v) is 1.90. The highest BCUT2D eigenvalue weighted by Gasteiger charge is 2.20. The van der Waals surface area contributed by atoms with Crippen LogP contribution >= 0.6 is 22.6 Å². The Kier molecular flexibility index (Phi) is 3.36. The molecule has 88 valence electrons. The van der Waals surface area contributed by atoms with Crippen LogP contribution in [-0.2, 0) is 4.74 Å². The average molecular weight is 344 g/mol. The van der Waals surface area contributed by atoms with E-state index in [0.717, 1.165) is 9.26 Å². The van der Waals surface area contributed by atoms with E-state index in [2.05, 4.69) is 42.6 Å². The molecule has 0 atom stereocenters. The van der Waals surface area contributed by atoms with Gasteiger partial charge < -0.3 is 4.74 Å². The molecular weight excluding hydrogens is 335 g/mol. The molecule has 0 aliphatic heterocycles. The van der Waals surface area contributed by atoms with Crippen LogP contribution in [0.25, 0.3) is 5.82 Å². The number of carbonyl (C=O) groups excluding carboxylic acids is 1. The molecule has 0 aliphatic rings. The molecule has 0 spiro atoms. The van der Waals surface area contributed by atoms with Crippen molar-refractivity contribution >= 4 is 28.6 Å². The normalized spacial score (nSPS) is 10.3. The molecule has 0 bridgehead atoms. The van der Waals surface area contributed by atoms with E-state index in [4.69, 9.17) is 0 Å². The zero-order valence-corrected chi connectivity index (χ0v) is 11.4. The van der Waals surface area contributed by atoms with Crippen LogP contribution in [-0.4, -0.2) is 33.1 Å². The van der Waals surface area contributed by atoms with Gasteiger partial charge in [0, 0.05) is 6.20 Å². The minimum Gasteiger partial charge on any atom is -0.464 e. The van der Waals surface area contributed by atoms with E-state index in [9.17, 15) is 4.79 Å². The smallest absolute Gasteiger partial charge is 0.359 e. The lowest BCUT2D eigenvalue weighted by Gasteiger charge is -2.00. The summed E-state index contributed by atoms with van der Waals surface area (Å²) in [6.45, 7) is 1.86. The van der Waals surface area contributed by atoms with Crippen molar-refractivity contribution in [1.82, 2.24) is 20.0 Å². The fraction of sp³-hybridized carbons (Fsp3) is 0.200. The van der Waals surface area contributed by atoms with E-state index in [-0.39, 0.29) is 5.69 Å². The summed E-state index contributed by atoms with van der Waals surface area (Å²) in [5.74, 6) is 0.109. The molecule has 0 aromatic carbocycles. The van der Waals surface area contributed by atoms with Crippen LogP contribution in [0.2, 0.25) is 0 Å². The van der Waals surface area contributed by atoms with Crippen molar-refractivity contribution in [2.45, 2.75) is 6.92 Å². The molecule has 0 N–H and O–H groups in total. The Morgan fingerprint density at radius 1 is 1.53 bits per heavy atom. The number of nitrogens with zero attached hydrogens (tertiary/aromatic N) is 4. The second-order valence-corrected chi connectivity index (χ2v) is 4.31. The topological polar surface area (TPSA) is 69.9 Å². The Bertz CT molecular complexity index is 553. The van der Waals surface area contributed by atoms with Gasteiger partial charge in [-0.15, -0.1) is 5.10 Å². The summed E-state index contributed by atoms with van der Waals surface area (Å²) < 4.78 is 6.99. The summed E-state index contributed by atoms with van der Waals surface area (Å²) in [4.78, 5) is 11.5. The van der Waals surface area contributed by atoms with Crippen molar-refractivity contribution in [3.63, 3.8) is 0 Å². The molecule has 0 aliphatic carbocycles. The Morgan fingerprint density at radius 2 is 2.29 bits per heavy atom. The third-order valence-corrected chi connectivity index (χ3v) is 3.49. The molecule has 2 rings (SSSR count). The molecule has 0 fully saturated rings. The summed E-state index contributed by atoms with van der Waals surface area (Å²) in [6, 6.07) is 3.53. The van der Waals surface area contributed by atoms with Gasteiger partial charge in [0.15, 0.2) is 11.5 Å².